The lowest BCUT2D eigenvalue weighted by molar-refractivity contribution is 0.465. The number of phenolic OH excluding ortho intramolecular Hbond substituents is 2. The van der Waals surface area contributed by atoms with Gasteiger partial charge in [0.1, 0.15) is 11.5 Å². The Labute approximate surface area is 127 Å². The van der Waals surface area contributed by atoms with Crippen LogP contribution in [-0.4, -0.2) is 10.2 Å². The van der Waals surface area contributed by atoms with E-state index in [0.717, 1.165) is 28.7 Å². The summed E-state index contributed by atoms with van der Waals surface area (Å²) < 4.78 is 0. The Kier molecular flexibility index (Phi) is 4.26. The van der Waals surface area contributed by atoms with Crippen molar-refractivity contribution in [3.8, 4) is 11.5 Å². The number of rotatable bonds is 3. The Morgan fingerprint density at radius 3 is 1.57 bits per heavy atom. The summed E-state index contributed by atoms with van der Waals surface area (Å²) in [5.74, 6) is 1.15. The molecule has 2 N–H and O–H groups in total. The van der Waals surface area contributed by atoms with Crippen LogP contribution in [0, 0.1) is 27.7 Å². The van der Waals surface area contributed by atoms with Crippen molar-refractivity contribution in [1.82, 2.24) is 0 Å². The molecule has 0 fully saturated rings. The molecule has 0 aliphatic rings. The van der Waals surface area contributed by atoms with Crippen LogP contribution in [0.15, 0.2) is 24.3 Å². The van der Waals surface area contributed by atoms with Crippen LogP contribution < -0.4 is 0 Å². The Morgan fingerprint density at radius 2 is 1.14 bits per heavy atom. The van der Waals surface area contributed by atoms with Crippen LogP contribution in [0.3, 0.4) is 0 Å². The largest absolute Gasteiger partial charge is 0.507 e. The fraction of sp³-hybridized carbons (Fsp3) is 0.368. The van der Waals surface area contributed by atoms with Crippen molar-refractivity contribution in [1.29, 1.82) is 0 Å². The van der Waals surface area contributed by atoms with Gasteiger partial charge >= 0.3 is 0 Å². The minimum Gasteiger partial charge on any atom is -0.507 e. The molecular formula is C19H24O2. The number of aromatic hydroxyl groups is 2. The van der Waals surface area contributed by atoms with Gasteiger partial charge in [0.2, 0.25) is 0 Å². The predicted molar refractivity (Wildman–Crippen MR) is 87.3 cm³/mol. The van der Waals surface area contributed by atoms with Crippen molar-refractivity contribution in [2.75, 3.05) is 0 Å². The van der Waals surface area contributed by atoms with Gasteiger partial charge in [0.05, 0.1) is 0 Å². The van der Waals surface area contributed by atoms with Crippen LogP contribution in [0.2, 0.25) is 0 Å². The van der Waals surface area contributed by atoms with Gasteiger partial charge in [-0.15, -0.1) is 0 Å². The van der Waals surface area contributed by atoms with E-state index in [4.69, 9.17) is 0 Å². The maximum atomic E-state index is 9.88. The lowest BCUT2D eigenvalue weighted by Crippen LogP contribution is -2.01. The van der Waals surface area contributed by atoms with Crippen LogP contribution >= 0.6 is 0 Å². The third-order valence-corrected chi connectivity index (χ3v) is 4.18. The number of aryl methyl sites for hydroxylation is 4. The molecule has 0 radical (unpaired) electrons. The Morgan fingerprint density at radius 1 is 0.762 bits per heavy atom. The summed E-state index contributed by atoms with van der Waals surface area (Å²) in [7, 11) is 0. The zero-order chi connectivity index (χ0) is 15.7. The molecule has 0 bridgehead atoms. The topological polar surface area (TPSA) is 40.5 Å². The molecule has 0 aromatic heterocycles. The fourth-order valence-corrected chi connectivity index (χ4v) is 2.91. The lowest BCUT2D eigenvalue weighted by Gasteiger charge is -2.16. The molecule has 1 atom stereocenters. The minimum atomic E-state index is 0.367. The van der Waals surface area contributed by atoms with Crippen molar-refractivity contribution in [2.45, 2.75) is 47.0 Å². The lowest BCUT2D eigenvalue weighted by atomic mass is 9.90. The predicted octanol–water partition coefficient (Wildman–Crippen LogP) is 4.68. The first-order valence-corrected chi connectivity index (χ1v) is 7.38. The number of hydrogen-bond acceptors (Lipinski definition) is 2. The zero-order valence-corrected chi connectivity index (χ0v) is 13.5. The quantitative estimate of drug-likeness (QED) is 0.859. The third-order valence-electron chi connectivity index (χ3n) is 4.18. The second-order valence-electron chi connectivity index (χ2n) is 6.19. The fourth-order valence-electron chi connectivity index (χ4n) is 2.91. The summed E-state index contributed by atoms with van der Waals surface area (Å²) >= 11 is 0. The second-order valence-corrected chi connectivity index (χ2v) is 6.19. The van der Waals surface area contributed by atoms with Crippen molar-refractivity contribution < 1.29 is 10.2 Å². The maximum absolute atomic E-state index is 9.88. The van der Waals surface area contributed by atoms with Gasteiger partial charge in [0, 0.05) is 0 Å². The van der Waals surface area contributed by atoms with Crippen molar-refractivity contribution in [3.63, 3.8) is 0 Å². The van der Waals surface area contributed by atoms with Gasteiger partial charge in [0.15, 0.2) is 0 Å². The normalized spacial score (nSPS) is 12.4. The number of benzene rings is 2. The molecule has 2 aromatic carbocycles. The molecule has 0 aliphatic carbocycles. The second kappa shape index (κ2) is 5.80. The molecule has 0 saturated heterocycles. The molecule has 2 aromatic rings. The molecule has 2 rings (SSSR count). The van der Waals surface area contributed by atoms with Gasteiger partial charge in [0.25, 0.3) is 0 Å². The average molecular weight is 284 g/mol. The van der Waals surface area contributed by atoms with Crippen molar-refractivity contribution in [2.24, 2.45) is 0 Å². The van der Waals surface area contributed by atoms with Crippen LogP contribution in [0.5, 0.6) is 11.5 Å². The van der Waals surface area contributed by atoms with E-state index in [1.807, 2.05) is 27.7 Å². The molecular weight excluding hydrogens is 260 g/mol. The van der Waals surface area contributed by atoms with E-state index < -0.39 is 0 Å². The van der Waals surface area contributed by atoms with Crippen LogP contribution in [0.4, 0.5) is 0 Å². The van der Waals surface area contributed by atoms with Crippen molar-refractivity contribution >= 4 is 0 Å². The smallest absolute Gasteiger partial charge is 0.121 e. The van der Waals surface area contributed by atoms with Gasteiger partial charge in [-0.3, -0.25) is 0 Å². The molecule has 0 saturated carbocycles. The summed E-state index contributed by atoms with van der Waals surface area (Å²) in [6.07, 6.45) is 0.922. The van der Waals surface area contributed by atoms with Gasteiger partial charge in [-0.1, -0.05) is 31.2 Å². The monoisotopic (exact) mass is 284 g/mol. The van der Waals surface area contributed by atoms with Crippen LogP contribution in [0.25, 0.3) is 0 Å². The summed E-state index contributed by atoms with van der Waals surface area (Å²) in [4.78, 5) is 0. The first-order chi connectivity index (χ1) is 9.79. The number of phenols is 2. The maximum Gasteiger partial charge on any atom is 0.121 e. The Hall–Kier alpha value is -1.96. The molecule has 0 amide bonds. The number of hydrogen-bond donors (Lipinski definition) is 2. The van der Waals surface area contributed by atoms with E-state index in [1.54, 1.807) is 0 Å². The first kappa shape index (κ1) is 15.4. The highest BCUT2D eigenvalue weighted by Crippen LogP contribution is 2.30. The molecule has 2 nitrogen and oxygen atoms in total. The molecule has 112 valence electrons. The van der Waals surface area contributed by atoms with Gasteiger partial charge in [-0.25, -0.2) is 0 Å². The molecule has 21 heavy (non-hydrogen) atoms. The van der Waals surface area contributed by atoms with Gasteiger partial charge in [-0.05, 0) is 73.4 Å². The van der Waals surface area contributed by atoms with Crippen molar-refractivity contribution in [3.05, 3.63) is 57.6 Å². The highest BCUT2D eigenvalue weighted by molar-refractivity contribution is 5.45. The molecule has 0 heterocycles. The summed E-state index contributed by atoms with van der Waals surface area (Å²) in [5.41, 5.74) is 6.18. The SMILES string of the molecule is Cc1cc(CC(C)c2cc(C)c(O)c(C)c2)cc(C)c1O. The summed E-state index contributed by atoms with van der Waals surface area (Å²) in [6.45, 7) is 9.94. The zero-order valence-electron chi connectivity index (χ0n) is 13.5. The van der Waals surface area contributed by atoms with E-state index in [-0.39, 0.29) is 0 Å². The summed E-state index contributed by atoms with van der Waals surface area (Å²) in [5, 5.41) is 19.7. The first-order valence-electron chi connectivity index (χ1n) is 7.38. The van der Waals surface area contributed by atoms with E-state index in [9.17, 15) is 10.2 Å². The minimum absolute atomic E-state index is 0.367. The van der Waals surface area contributed by atoms with E-state index in [1.165, 1.54) is 11.1 Å². The van der Waals surface area contributed by atoms with E-state index in [2.05, 4.69) is 31.2 Å². The highest BCUT2D eigenvalue weighted by atomic mass is 16.3. The molecule has 2 heteroatoms. The molecule has 1 unspecified atom stereocenters. The highest BCUT2D eigenvalue weighted by Gasteiger charge is 2.12. The standard InChI is InChI=1S/C19H24O2/c1-11(17-9-14(4)19(21)15(5)10-17)6-16-7-12(2)18(20)13(3)8-16/h7-11,20-21H,6H2,1-5H3. The Balaban J connectivity index is 2.28. The van der Waals surface area contributed by atoms with E-state index in [0.29, 0.717) is 17.4 Å². The van der Waals surface area contributed by atoms with Gasteiger partial charge < -0.3 is 10.2 Å². The van der Waals surface area contributed by atoms with E-state index >= 15 is 0 Å². The third kappa shape index (κ3) is 3.21. The Bertz CT molecular complexity index is 625. The summed E-state index contributed by atoms with van der Waals surface area (Å²) in [6, 6.07) is 8.23. The van der Waals surface area contributed by atoms with Gasteiger partial charge in [-0.2, -0.15) is 0 Å². The van der Waals surface area contributed by atoms with Crippen LogP contribution in [0.1, 0.15) is 46.2 Å². The average Bonchev–Trinajstić information content (AvgIpc) is 2.41. The molecule has 0 aliphatic heterocycles. The molecule has 0 spiro atoms. The van der Waals surface area contributed by atoms with Crippen LogP contribution in [-0.2, 0) is 6.42 Å².